The number of aromatic nitrogens is 4. The second-order valence-corrected chi connectivity index (χ2v) is 10.7. The van der Waals surface area contributed by atoms with Crippen molar-refractivity contribution in [2.24, 2.45) is 0 Å². The molecule has 8 nitrogen and oxygen atoms in total. The number of ketones is 1. The molecule has 3 heterocycles. The highest BCUT2D eigenvalue weighted by atomic mass is 32.2. The van der Waals surface area contributed by atoms with Gasteiger partial charge in [-0.05, 0) is 37.8 Å². The number of sulfonamides is 1. The Labute approximate surface area is 191 Å². The topological polar surface area (TPSA) is 115 Å². The fourth-order valence-electron chi connectivity index (χ4n) is 3.74. The maximum absolute atomic E-state index is 13.4. The summed E-state index contributed by atoms with van der Waals surface area (Å²) < 4.78 is 27.1. The second-order valence-electron chi connectivity index (χ2n) is 7.90. The van der Waals surface area contributed by atoms with Gasteiger partial charge in [0.2, 0.25) is 10.0 Å². The molecule has 3 aromatic rings. The van der Waals surface area contributed by atoms with Gasteiger partial charge in [-0.15, -0.1) is 11.3 Å². The van der Waals surface area contributed by atoms with Gasteiger partial charge in [-0.25, -0.2) is 13.4 Å². The van der Waals surface area contributed by atoms with Crippen LogP contribution in [0, 0.1) is 0 Å². The molecule has 168 valence electrons. The highest BCUT2D eigenvalue weighted by molar-refractivity contribution is 7.93. The molecule has 0 saturated heterocycles. The Hall–Kier alpha value is -2.72. The SMILES string of the molecule is CCC(CC)(C(=O)Cc1ccc(-c2cnccn2)cn1)c1csc(NS(=O)(=O)C2CC2)n1. The number of Topliss-reactive ketones (excluding diaryl/α,β-unsaturated/α-hetero) is 1. The third-order valence-corrected chi connectivity index (χ3v) is 8.67. The highest BCUT2D eigenvalue weighted by Crippen LogP contribution is 2.37. The van der Waals surface area contributed by atoms with Crippen molar-refractivity contribution in [3.05, 3.63) is 53.7 Å². The Bertz CT molecular complexity index is 1190. The van der Waals surface area contributed by atoms with Gasteiger partial charge in [0.05, 0.1) is 28.2 Å². The Kier molecular flexibility index (Phi) is 6.34. The van der Waals surface area contributed by atoms with Crippen LogP contribution in [-0.2, 0) is 26.7 Å². The summed E-state index contributed by atoms with van der Waals surface area (Å²) in [5.41, 5.74) is 2.04. The summed E-state index contributed by atoms with van der Waals surface area (Å²) in [6.45, 7) is 3.92. The molecular formula is C22H25N5O3S2. The third kappa shape index (κ3) is 4.56. The maximum atomic E-state index is 13.4. The Morgan fingerprint density at radius 2 is 1.94 bits per heavy atom. The van der Waals surface area contributed by atoms with Crippen molar-refractivity contribution in [1.29, 1.82) is 0 Å². The van der Waals surface area contributed by atoms with Crippen molar-refractivity contribution < 1.29 is 13.2 Å². The zero-order valence-electron chi connectivity index (χ0n) is 18.0. The molecule has 1 saturated carbocycles. The number of anilines is 1. The Morgan fingerprint density at radius 3 is 2.53 bits per heavy atom. The van der Waals surface area contributed by atoms with E-state index in [1.807, 2.05) is 26.0 Å². The van der Waals surface area contributed by atoms with E-state index in [0.717, 1.165) is 11.3 Å². The average molecular weight is 472 g/mol. The molecule has 1 N–H and O–H groups in total. The van der Waals surface area contributed by atoms with Crippen LogP contribution in [0.3, 0.4) is 0 Å². The summed E-state index contributed by atoms with van der Waals surface area (Å²) in [7, 11) is -3.39. The largest absolute Gasteiger partial charge is 0.298 e. The first kappa shape index (κ1) is 22.5. The Morgan fingerprint density at radius 1 is 1.16 bits per heavy atom. The van der Waals surface area contributed by atoms with Gasteiger partial charge in [0.25, 0.3) is 0 Å². The molecule has 0 aromatic carbocycles. The number of pyridine rings is 1. The normalized spacial score (nSPS) is 14.3. The summed E-state index contributed by atoms with van der Waals surface area (Å²) >= 11 is 1.22. The van der Waals surface area contributed by atoms with E-state index in [0.29, 0.717) is 42.2 Å². The summed E-state index contributed by atoms with van der Waals surface area (Å²) in [5, 5.41) is 1.78. The zero-order chi connectivity index (χ0) is 22.8. The van der Waals surface area contributed by atoms with Gasteiger partial charge < -0.3 is 0 Å². The number of thiazole rings is 1. The van der Waals surface area contributed by atoms with Crippen LogP contribution in [0.5, 0.6) is 0 Å². The molecule has 32 heavy (non-hydrogen) atoms. The molecule has 1 aliphatic carbocycles. The molecule has 4 rings (SSSR count). The van der Waals surface area contributed by atoms with E-state index in [1.54, 1.807) is 30.2 Å². The van der Waals surface area contributed by atoms with E-state index in [4.69, 9.17) is 0 Å². The van der Waals surface area contributed by atoms with Gasteiger partial charge in [0.1, 0.15) is 0 Å². The van der Waals surface area contributed by atoms with Crippen LogP contribution in [0.15, 0.2) is 42.3 Å². The van der Waals surface area contributed by atoms with Crippen LogP contribution in [0.25, 0.3) is 11.3 Å². The number of carbonyl (C=O) groups is 1. The molecule has 0 spiro atoms. The first-order chi connectivity index (χ1) is 15.4. The van der Waals surface area contributed by atoms with E-state index < -0.39 is 15.4 Å². The standard InChI is InChI=1S/C22H25N5O3S2/c1-3-22(4-2,19-14-31-21(26-19)27-32(29,30)17-7-8-17)20(28)11-16-6-5-15(12-25-16)18-13-23-9-10-24-18/h5-6,9-10,12-14,17H,3-4,7-8,11H2,1-2H3,(H,26,27). The fourth-order valence-corrected chi connectivity index (χ4v) is 6.14. The number of carbonyl (C=O) groups excluding carboxylic acids is 1. The van der Waals surface area contributed by atoms with E-state index in [-0.39, 0.29) is 17.5 Å². The average Bonchev–Trinajstić information content (AvgIpc) is 3.58. The van der Waals surface area contributed by atoms with Crippen molar-refractivity contribution in [3.8, 4) is 11.3 Å². The lowest BCUT2D eigenvalue weighted by Crippen LogP contribution is -2.36. The molecule has 0 atom stereocenters. The maximum Gasteiger partial charge on any atom is 0.237 e. The van der Waals surface area contributed by atoms with Gasteiger partial charge >= 0.3 is 0 Å². The number of nitrogens with zero attached hydrogens (tertiary/aromatic N) is 4. The van der Waals surface area contributed by atoms with E-state index in [2.05, 4.69) is 24.7 Å². The van der Waals surface area contributed by atoms with Crippen LogP contribution >= 0.6 is 11.3 Å². The minimum absolute atomic E-state index is 0.0177. The molecule has 0 aliphatic heterocycles. The minimum Gasteiger partial charge on any atom is -0.298 e. The molecular weight excluding hydrogens is 446 g/mol. The molecule has 3 aromatic heterocycles. The summed E-state index contributed by atoms with van der Waals surface area (Å²) in [5.74, 6) is 0.0177. The Balaban J connectivity index is 1.52. The van der Waals surface area contributed by atoms with Gasteiger partial charge in [0, 0.05) is 41.6 Å². The first-order valence-electron chi connectivity index (χ1n) is 10.6. The molecule has 0 unspecified atom stereocenters. The van der Waals surface area contributed by atoms with Crippen LogP contribution in [-0.4, -0.2) is 39.4 Å². The second kappa shape index (κ2) is 9.03. The summed E-state index contributed by atoms with van der Waals surface area (Å²) in [6.07, 6.45) is 9.26. The zero-order valence-corrected chi connectivity index (χ0v) is 19.6. The van der Waals surface area contributed by atoms with Gasteiger partial charge in [-0.3, -0.25) is 24.5 Å². The molecule has 1 fully saturated rings. The molecule has 10 heteroatoms. The minimum atomic E-state index is -3.39. The summed E-state index contributed by atoms with van der Waals surface area (Å²) in [6, 6.07) is 3.71. The molecule has 1 aliphatic rings. The van der Waals surface area contributed by atoms with Crippen molar-refractivity contribution >= 4 is 32.3 Å². The van der Waals surface area contributed by atoms with Crippen molar-refractivity contribution in [1.82, 2.24) is 19.9 Å². The van der Waals surface area contributed by atoms with Crippen LogP contribution < -0.4 is 4.72 Å². The van der Waals surface area contributed by atoms with Crippen molar-refractivity contribution in [2.75, 3.05) is 4.72 Å². The van der Waals surface area contributed by atoms with Crippen molar-refractivity contribution in [2.45, 2.75) is 56.6 Å². The predicted octanol–water partition coefficient (Wildman–Crippen LogP) is 3.77. The van der Waals surface area contributed by atoms with Gasteiger partial charge in [-0.1, -0.05) is 13.8 Å². The fraction of sp³-hybridized carbons (Fsp3) is 0.409. The predicted molar refractivity (Wildman–Crippen MR) is 124 cm³/mol. The van der Waals surface area contributed by atoms with Crippen LogP contribution in [0.1, 0.15) is 50.9 Å². The number of hydrogen-bond acceptors (Lipinski definition) is 8. The molecule has 0 bridgehead atoms. The van der Waals surface area contributed by atoms with Crippen LogP contribution in [0.2, 0.25) is 0 Å². The number of hydrogen-bond donors (Lipinski definition) is 1. The molecule has 0 radical (unpaired) electrons. The number of nitrogens with one attached hydrogen (secondary N) is 1. The van der Waals surface area contributed by atoms with E-state index in [1.165, 1.54) is 11.3 Å². The quantitative estimate of drug-likeness (QED) is 0.478. The lowest BCUT2D eigenvalue weighted by atomic mass is 9.74. The van der Waals surface area contributed by atoms with Crippen LogP contribution in [0.4, 0.5) is 5.13 Å². The summed E-state index contributed by atoms with van der Waals surface area (Å²) in [4.78, 5) is 30.7. The van der Waals surface area contributed by atoms with Gasteiger partial charge in [-0.2, -0.15) is 0 Å². The lowest BCUT2D eigenvalue weighted by Gasteiger charge is -2.28. The third-order valence-electron chi connectivity index (χ3n) is 5.95. The number of rotatable bonds is 10. The molecule has 0 amide bonds. The van der Waals surface area contributed by atoms with Gasteiger partial charge in [0.15, 0.2) is 10.9 Å². The van der Waals surface area contributed by atoms with E-state index >= 15 is 0 Å². The highest BCUT2D eigenvalue weighted by Gasteiger charge is 2.40. The first-order valence-corrected chi connectivity index (χ1v) is 13.0. The van der Waals surface area contributed by atoms with E-state index in [9.17, 15) is 13.2 Å². The van der Waals surface area contributed by atoms with Crippen molar-refractivity contribution in [3.63, 3.8) is 0 Å². The smallest absolute Gasteiger partial charge is 0.237 e. The monoisotopic (exact) mass is 471 g/mol. The lowest BCUT2D eigenvalue weighted by molar-refractivity contribution is -0.124.